The molecule has 162 valence electrons. The van der Waals surface area contributed by atoms with Crippen LogP contribution in [0.25, 0.3) is 16.9 Å². The van der Waals surface area contributed by atoms with E-state index in [1.807, 2.05) is 42.6 Å². The van der Waals surface area contributed by atoms with E-state index in [9.17, 15) is 13.2 Å². The predicted molar refractivity (Wildman–Crippen MR) is 124 cm³/mol. The molecule has 0 spiro atoms. The van der Waals surface area contributed by atoms with Gasteiger partial charge in [-0.1, -0.05) is 60.3 Å². The summed E-state index contributed by atoms with van der Waals surface area (Å²) in [6.45, 7) is 4.14. The third kappa shape index (κ3) is 4.85. The zero-order valence-electron chi connectivity index (χ0n) is 17.5. The van der Waals surface area contributed by atoms with Crippen molar-refractivity contribution in [2.45, 2.75) is 31.5 Å². The Morgan fingerprint density at radius 3 is 2.48 bits per heavy atom. The van der Waals surface area contributed by atoms with Crippen LogP contribution in [-0.4, -0.2) is 47.2 Å². The molecule has 4 rings (SSSR count). The summed E-state index contributed by atoms with van der Waals surface area (Å²) in [5, 5.41) is 3.58. The molecule has 1 atom stereocenters. The number of rotatable bonds is 6. The second-order valence-corrected chi connectivity index (χ2v) is 11.0. The zero-order valence-corrected chi connectivity index (χ0v) is 19.2. The lowest BCUT2D eigenvalue weighted by atomic mass is 10.1. The van der Waals surface area contributed by atoms with Gasteiger partial charge in [0.1, 0.15) is 0 Å². The van der Waals surface area contributed by atoms with Gasteiger partial charge in [-0.25, -0.2) is 13.4 Å². The number of thioether (sulfide) groups is 1. The fourth-order valence-corrected chi connectivity index (χ4v) is 6.39. The summed E-state index contributed by atoms with van der Waals surface area (Å²) in [6.07, 6.45) is 2.32. The third-order valence-corrected chi connectivity index (χ3v) is 8.11. The second kappa shape index (κ2) is 8.88. The van der Waals surface area contributed by atoms with Gasteiger partial charge in [0.05, 0.1) is 34.8 Å². The molecule has 1 saturated heterocycles. The van der Waals surface area contributed by atoms with Crippen molar-refractivity contribution in [3.8, 4) is 16.9 Å². The van der Waals surface area contributed by atoms with Crippen molar-refractivity contribution < 1.29 is 13.2 Å². The molecule has 1 aromatic heterocycles. The number of hydrogen-bond donors (Lipinski definition) is 1. The van der Waals surface area contributed by atoms with E-state index in [0.29, 0.717) is 6.42 Å². The molecule has 3 aromatic rings. The van der Waals surface area contributed by atoms with Crippen LogP contribution in [0.1, 0.15) is 17.5 Å². The Morgan fingerprint density at radius 1 is 1.13 bits per heavy atom. The van der Waals surface area contributed by atoms with E-state index in [4.69, 9.17) is 0 Å². The number of amides is 1. The van der Waals surface area contributed by atoms with Crippen LogP contribution in [0.3, 0.4) is 0 Å². The minimum absolute atomic E-state index is 0.0264. The lowest BCUT2D eigenvalue weighted by Crippen LogP contribution is -2.36. The Kier molecular flexibility index (Phi) is 6.20. The topological polar surface area (TPSA) is 81.1 Å². The van der Waals surface area contributed by atoms with Gasteiger partial charge in [0.2, 0.25) is 5.91 Å². The van der Waals surface area contributed by atoms with Crippen LogP contribution in [-0.2, 0) is 14.6 Å². The second-order valence-electron chi connectivity index (χ2n) is 7.82. The van der Waals surface area contributed by atoms with Gasteiger partial charge < -0.3 is 5.32 Å². The predicted octanol–water partition coefficient (Wildman–Crippen LogP) is 3.55. The highest BCUT2D eigenvalue weighted by atomic mass is 32.2. The van der Waals surface area contributed by atoms with Crippen molar-refractivity contribution in [2.75, 3.05) is 17.3 Å². The molecule has 1 aliphatic heterocycles. The molecule has 0 saturated carbocycles. The largest absolute Gasteiger partial charge is 0.352 e. The Hall–Kier alpha value is -2.58. The molecule has 8 heteroatoms. The smallest absolute Gasteiger partial charge is 0.230 e. The Morgan fingerprint density at radius 2 is 1.84 bits per heavy atom. The molecule has 6 nitrogen and oxygen atoms in total. The van der Waals surface area contributed by atoms with E-state index >= 15 is 0 Å². The molecule has 0 aliphatic carbocycles. The number of carbonyl (C=O) groups excluding carboxylic acids is 1. The van der Waals surface area contributed by atoms with Crippen molar-refractivity contribution in [1.82, 2.24) is 14.9 Å². The first-order valence-corrected chi connectivity index (χ1v) is 13.0. The van der Waals surface area contributed by atoms with Crippen molar-refractivity contribution in [1.29, 1.82) is 0 Å². The van der Waals surface area contributed by atoms with E-state index in [1.165, 1.54) is 11.8 Å². The first-order valence-electron chi connectivity index (χ1n) is 10.2. The standard InChI is InChI=1S/C23H25N3O3S2/c1-16-7-6-8-17(2)22(16)26-20(18-9-4-3-5-10-18)13-24-23(26)30-14-21(27)25-19-11-12-31(28,29)15-19/h3-10,13,19H,11-12,14-15H2,1-2H3,(H,25,27). The van der Waals surface area contributed by atoms with Gasteiger partial charge in [-0.05, 0) is 31.4 Å². The van der Waals surface area contributed by atoms with Crippen LogP contribution in [0.2, 0.25) is 0 Å². The highest BCUT2D eigenvalue weighted by Crippen LogP contribution is 2.32. The highest BCUT2D eigenvalue weighted by molar-refractivity contribution is 7.99. The Labute approximate surface area is 187 Å². The minimum atomic E-state index is -3.03. The molecule has 1 aliphatic rings. The number of hydrogen-bond acceptors (Lipinski definition) is 5. The minimum Gasteiger partial charge on any atom is -0.352 e. The molecule has 1 amide bonds. The lowest BCUT2D eigenvalue weighted by Gasteiger charge is -2.17. The lowest BCUT2D eigenvalue weighted by molar-refractivity contribution is -0.119. The van der Waals surface area contributed by atoms with Crippen LogP contribution in [0.4, 0.5) is 0 Å². The van der Waals surface area contributed by atoms with Crippen LogP contribution in [0.15, 0.2) is 59.9 Å². The first kappa shape index (κ1) is 21.6. The number of carbonyl (C=O) groups is 1. The Balaban J connectivity index is 1.61. The van der Waals surface area contributed by atoms with E-state index in [2.05, 4.69) is 40.8 Å². The average Bonchev–Trinajstić information content (AvgIpc) is 3.30. The number of benzene rings is 2. The number of nitrogens with zero attached hydrogens (tertiary/aromatic N) is 2. The highest BCUT2D eigenvalue weighted by Gasteiger charge is 2.29. The summed E-state index contributed by atoms with van der Waals surface area (Å²) in [7, 11) is -3.03. The van der Waals surface area contributed by atoms with Gasteiger partial charge >= 0.3 is 0 Å². The number of imidazole rings is 1. The maximum absolute atomic E-state index is 12.5. The van der Waals surface area contributed by atoms with E-state index in [-0.39, 0.29) is 29.2 Å². The fraction of sp³-hybridized carbons (Fsp3) is 0.304. The number of aryl methyl sites for hydroxylation is 2. The molecule has 2 aromatic carbocycles. The summed E-state index contributed by atoms with van der Waals surface area (Å²) in [6, 6.07) is 15.9. The quantitative estimate of drug-likeness (QED) is 0.575. The molecular weight excluding hydrogens is 430 g/mol. The van der Waals surface area contributed by atoms with Crippen molar-refractivity contribution in [2.24, 2.45) is 0 Å². The molecule has 1 unspecified atom stereocenters. The molecule has 1 N–H and O–H groups in total. The molecule has 31 heavy (non-hydrogen) atoms. The normalized spacial score (nSPS) is 17.5. The number of nitrogens with one attached hydrogen (secondary N) is 1. The summed E-state index contributed by atoms with van der Waals surface area (Å²) < 4.78 is 25.4. The fourth-order valence-electron chi connectivity index (χ4n) is 3.93. The maximum Gasteiger partial charge on any atom is 0.230 e. The van der Waals surface area contributed by atoms with Gasteiger partial charge in [-0.15, -0.1) is 0 Å². The van der Waals surface area contributed by atoms with Gasteiger partial charge in [0.25, 0.3) is 0 Å². The first-order chi connectivity index (χ1) is 14.8. The molecule has 1 fully saturated rings. The van der Waals surface area contributed by atoms with Gasteiger partial charge in [-0.3, -0.25) is 9.36 Å². The van der Waals surface area contributed by atoms with Crippen LogP contribution in [0, 0.1) is 13.8 Å². The Bertz CT molecular complexity index is 1180. The van der Waals surface area contributed by atoms with E-state index < -0.39 is 9.84 Å². The number of sulfone groups is 1. The summed E-state index contributed by atoms with van der Waals surface area (Å²) in [5.74, 6) is 0.165. The van der Waals surface area contributed by atoms with Crippen molar-refractivity contribution in [3.63, 3.8) is 0 Å². The number of aromatic nitrogens is 2. The summed E-state index contributed by atoms with van der Waals surface area (Å²) in [4.78, 5) is 17.1. The molecule has 0 bridgehead atoms. The monoisotopic (exact) mass is 455 g/mol. The van der Waals surface area contributed by atoms with Crippen molar-refractivity contribution >= 4 is 27.5 Å². The van der Waals surface area contributed by atoms with Crippen molar-refractivity contribution in [3.05, 3.63) is 65.9 Å². The number of para-hydroxylation sites is 1. The molecule has 2 heterocycles. The van der Waals surface area contributed by atoms with E-state index in [1.54, 1.807) is 0 Å². The molecule has 0 radical (unpaired) electrons. The summed E-state index contributed by atoms with van der Waals surface area (Å²) >= 11 is 1.36. The van der Waals surface area contributed by atoms with Crippen LogP contribution in [0.5, 0.6) is 0 Å². The summed E-state index contributed by atoms with van der Waals surface area (Å²) in [5.41, 5.74) is 5.31. The van der Waals surface area contributed by atoms with Gasteiger partial charge in [0, 0.05) is 11.6 Å². The third-order valence-electron chi connectivity index (χ3n) is 5.39. The van der Waals surface area contributed by atoms with Gasteiger partial charge in [-0.2, -0.15) is 0 Å². The maximum atomic E-state index is 12.5. The van der Waals surface area contributed by atoms with Crippen LogP contribution >= 0.6 is 11.8 Å². The van der Waals surface area contributed by atoms with Crippen LogP contribution < -0.4 is 5.32 Å². The van der Waals surface area contributed by atoms with E-state index in [0.717, 1.165) is 33.2 Å². The average molecular weight is 456 g/mol. The SMILES string of the molecule is Cc1cccc(C)c1-n1c(-c2ccccc2)cnc1SCC(=O)NC1CCS(=O)(=O)C1. The zero-order chi connectivity index (χ0) is 22.0. The molecular formula is C23H25N3O3S2. The van der Waals surface area contributed by atoms with Gasteiger partial charge in [0.15, 0.2) is 15.0 Å².